The molecular formula is C23H38N5O9P. The van der Waals surface area contributed by atoms with Gasteiger partial charge in [0.15, 0.2) is 11.5 Å². The Bertz CT molecular complexity index is 1090. The summed E-state index contributed by atoms with van der Waals surface area (Å²) >= 11 is 0. The van der Waals surface area contributed by atoms with Crippen molar-refractivity contribution in [2.24, 2.45) is 10.8 Å². The fourth-order valence-electron chi connectivity index (χ4n) is 2.89. The van der Waals surface area contributed by atoms with E-state index in [0.717, 1.165) is 0 Å². The number of rotatable bonds is 14. The quantitative estimate of drug-likeness (QED) is 0.154. The predicted molar refractivity (Wildman–Crippen MR) is 137 cm³/mol. The fraction of sp³-hybridized carbons (Fsp3) is 0.696. The molecule has 0 saturated heterocycles. The normalized spacial score (nSPS) is 13.4. The number of carbonyl (C=O) groups excluding carboxylic acids is 2. The molecule has 214 valence electrons. The Morgan fingerprint density at radius 2 is 1.58 bits per heavy atom. The lowest BCUT2D eigenvalue weighted by Crippen LogP contribution is -2.25. The number of anilines is 1. The van der Waals surface area contributed by atoms with Crippen LogP contribution in [0.1, 0.15) is 54.0 Å². The molecule has 2 N–H and O–H groups in total. The summed E-state index contributed by atoms with van der Waals surface area (Å²) in [6, 6.07) is -0.235. The van der Waals surface area contributed by atoms with E-state index in [0.29, 0.717) is 24.2 Å². The van der Waals surface area contributed by atoms with Gasteiger partial charge in [-0.2, -0.15) is 0 Å². The summed E-state index contributed by atoms with van der Waals surface area (Å²) in [5.74, 6) is -0.845. The molecule has 2 heterocycles. The standard InChI is InChI=1S/C23H38N5O9P/c1-22(2,3)20(29)34-13-36-38(31,37-14-35-21(30)23(4,5)6)15-33-9-8-16(10-32-7)28-12-27-17-18(24)25-11-26-19(17)28/h11-12,16H,8-10,13-15H2,1-7H3,(H2,24,25,26). The van der Waals surface area contributed by atoms with Crippen LogP contribution >= 0.6 is 7.60 Å². The van der Waals surface area contributed by atoms with Gasteiger partial charge < -0.3 is 29.2 Å². The molecule has 0 fully saturated rings. The zero-order valence-corrected chi connectivity index (χ0v) is 23.9. The van der Waals surface area contributed by atoms with Gasteiger partial charge in [0.1, 0.15) is 18.2 Å². The lowest BCUT2D eigenvalue weighted by Gasteiger charge is -2.22. The number of nitrogen functional groups attached to an aromatic ring is 1. The maximum Gasteiger partial charge on any atom is 0.361 e. The highest BCUT2D eigenvalue weighted by molar-refractivity contribution is 7.53. The summed E-state index contributed by atoms with van der Waals surface area (Å²) in [5, 5.41) is 0. The van der Waals surface area contributed by atoms with Crippen molar-refractivity contribution in [2.75, 3.05) is 46.0 Å². The largest absolute Gasteiger partial charge is 0.438 e. The SMILES string of the molecule is COCC(CCOCP(=O)(OCOC(=O)C(C)(C)C)OCOC(=O)C(C)(C)C)n1cnc2c(N)ncnc21. The van der Waals surface area contributed by atoms with Crippen molar-refractivity contribution < 1.29 is 42.1 Å². The van der Waals surface area contributed by atoms with Crippen LogP contribution in [0.15, 0.2) is 12.7 Å². The van der Waals surface area contributed by atoms with Crippen LogP contribution in [-0.2, 0) is 42.1 Å². The molecule has 2 aromatic rings. The minimum atomic E-state index is -3.98. The maximum atomic E-state index is 13.3. The summed E-state index contributed by atoms with van der Waals surface area (Å²) in [6.07, 6.45) is 2.87. The Balaban J connectivity index is 2.01. The number of esters is 2. The number of methoxy groups -OCH3 is 1. The lowest BCUT2D eigenvalue weighted by atomic mass is 9.98. The van der Waals surface area contributed by atoms with Crippen molar-refractivity contribution in [3.05, 3.63) is 12.7 Å². The molecule has 1 atom stereocenters. The minimum Gasteiger partial charge on any atom is -0.438 e. The number of hydrogen-bond donors (Lipinski definition) is 1. The van der Waals surface area contributed by atoms with Crippen molar-refractivity contribution in [1.29, 1.82) is 0 Å². The van der Waals surface area contributed by atoms with Crippen LogP contribution in [0.25, 0.3) is 11.2 Å². The Kier molecular flexibility index (Phi) is 11.2. The molecule has 2 rings (SSSR count). The third kappa shape index (κ3) is 9.28. The first-order valence-corrected chi connectivity index (χ1v) is 13.6. The minimum absolute atomic E-state index is 0.120. The smallest absolute Gasteiger partial charge is 0.361 e. The van der Waals surface area contributed by atoms with E-state index in [1.807, 2.05) is 0 Å². The number of hydrogen-bond acceptors (Lipinski definition) is 13. The van der Waals surface area contributed by atoms with Crippen molar-refractivity contribution >= 4 is 36.5 Å². The molecule has 0 aliphatic heterocycles. The number of nitrogens with two attached hydrogens (primary N) is 1. The van der Waals surface area contributed by atoms with Crippen LogP contribution in [0.4, 0.5) is 5.82 Å². The third-order valence-electron chi connectivity index (χ3n) is 5.09. The second-order valence-electron chi connectivity index (χ2n) is 10.5. The third-order valence-corrected chi connectivity index (χ3v) is 6.58. The second-order valence-corrected chi connectivity index (χ2v) is 12.5. The molecule has 2 aromatic heterocycles. The molecule has 0 radical (unpaired) electrons. The number of fused-ring (bicyclic) bond motifs is 1. The molecule has 14 nitrogen and oxygen atoms in total. The highest BCUT2D eigenvalue weighted by Gasteiger charge is 2.30. The average molecular weight is 560 g/mol. The van der Waals surface area contributed by atoms with Gasteiger partial charge in [-0.15, -0.1) is 0 Å². The van der Waals surface area contributed by atoms with Gasteiger partial charge in [0.25, 0.3) is 0 Å². The van der Waals surface area contributed by atoms with E-state index in [1.54, 1.807) is 59.5 Å². The van der Waals surface area contributed by atoms with Crippen LogP contribution in [0.5, 0.6) is 0 Å². The summed E-state index contributed by atoms with van der Waals surface area (Å²) in [4.78, 5) is 36.5. The first kappa shape index (κ1) is 31.6. The number of carbonyl (C=O) groups is 2. The van der Waals surface area contributed by atoms with Gasteiger partial charge >= 0.3 is 19.5 Å². The van der Waals surface area contributed by atoms with Crippen molar-refractivity contribution in [1.82, 2.24) is 19.5 Å². The first-order valence-electron chi connectivity index (χ1n) is 11.9. The molecule has 0 spiro atoms. The zero-order chi connectivity index (χ0) is 28.6. The Morgan fingerprint density at radius 1 is 1.00 bits per heavy atom. The monoisotopic (exact) mass is 559 g/mol. The number of ether oxygens (including phenoxy) is 4. The molecule has 0 aliphatic rings. The van der Waals surface area contributed by atoms with Gasteiger partial charge in [-0.1, -0.05) is 0 Å². The number of nitrogens with zero attached hydrogens (tertiary/aromatic N) is 4. The predicted octanol–water partition coefficient (Wildman–Crippen LogP) is 3.28. The topological polar surface area (TPSA) is 176 Å². The van der Waals surface area contributed by atoms with Gasteiger partial charge in [0, 0.05) is 13.7 Å². The summed E-state index contributed by atoms with van der Waals surface area (Å²) in [5.41, 5.74) is 5.32. The molecule has 0 aromatic carbocycles. The van der Waals surface area contributed by atoms with Crippen LogP contribution in [0.2, 0.25) is 0 Å². The van der Waals surface area contributed by atoms with Gasteiger partial charge in [-0.05, 0) is 48.0 Å². The first-order chi connectivity index (χ1) is 17.7. The van der Waals surface area contributed by atoms with Crippen molar-refractivity contribution in [3.8, 4) is 0 Å². The van der Waals surface area contributed by atoms with E-state index in [2.05, 4.69) is 15.0 Å². The van der Waals surface area contributed by atoms with Crippen LogP contribution in [0.3, 0.4) is 0 Å². The number of aromatic nitrogens is 4. The van der Waals surface area contributed by atoms with E-state index < -0.39 is 50.3 Å². The summed E-state index contributed by atoms with van der Waals surface area (Å²) < 4.78 is 46.6. The van der Waals surface area contributed by atoms with Gasteiger partial charge in [0.05, 0.1) is 29.8 Å². The molecule has 38 heavy (non-hydrogen) atoms. The molecule has 0 bridgehead atoms. The van der Waals surface area contributed by atoms with Crippen molar-refractivity contribution in [3.63, 3.8) is 0 Å². The van der Waals surface area contributed by atoms with Crippen LogP contribution in [0, 0.1) is 10.8 Å². The average Bonchev–Trinajstić information content (AvgIpc) is 3.25. The highest BCUT2D eigenvalue weighted by atomic mass is 31.2. The number of imidazole rings is 1. The summed E-state index contributed by atoms with van der Waals surface area (Å²) in [6.45, 7) is 9.19. The molecule has 15 heteroatoms. The van der Waals surface area contributed by atoms with E-state index in [9.17, 15) is 14.2 Å². The molecule has 0 amide bonds. The van der Waals surface area contributed by atoms with Gasteiger partial charge in [0.2, 0.25) is 13.6 Å². The molecule has 1 unspecified atom stereocenters. The van der Waals surface area contributed by atoms with E-state index in [4.69, 9.17) is 33.7 Å². The Hall–Kier alpha value is -2.64. The Labute approximate surface area is 222 Å². The van der Waals surface area contributed by atoms with Crippen LogP contribution in [-0.4, -0.2) is 71.7 Å². The van der Waals surface area contributed by atoms with E-state index >= 15 is 0 Å². The molecule has 0 saturated carbocycles. The maximum absolute atomic E-state index is 13.3. The lowest BCUT2D eigenvalue weighted by molar-refractivity contribution is -0.162. The van der Waals surface area contributed by atoms with Gasteiger partial charge in [-0.25, -0.2) is 15.0 Å². The Morgan fingerprint density at radius 3 is 2.11 bits per heavy atom. The van der Waals surface area contributed by atoms with E-state index in [-0.39, 0.29) is 18.5 Å². The van der Waals surface area contributed by atoms with Gasteiger partial charge in [-0.3, -0.25) is 23.2 Å². The highest BCUT2D eigenvalue weighted by Crippen LogP contribution is 2.48. The zero-order valence-electron chi connectivity index (χ0n) is 23.0. The molecule has 0 aliphatic carbocycles. The van der Waals surface area contributed by atoms with Crippen LogP contribution < -0.4 is 5.73 Å². The summed E-state index contributed by atoms with van der Waals surface area (Å²) in [7, 11) is -2.42. The fourth-order valence-corrected chi connectivity index (χ4v) is 3.90. The van der Waals surface area contributed by atoms with E-state index in [1.165, 1.54) is 6.33 Å². The molecular weight excluding hydrogens is 521 g/mol. The second kappa shape index (κ2) is 13.4. The van der Waals surface area contributed by atoms with Crippen molar-refractivity contribution in [2.45, 2.75) is 54.0 Å².